The fourth-order valence-corrected chi connectivity index (χ4v) is 3.95. The number of primary amides is 1. The molecule has 132 valence electrons. The lowest BCUT2D eigenvalue weighted by molar-refractivity contribution is 0.259. The summed E-state index contributed by atoms with van der Waals surface area (Å²) in [5.74, 6) is 0. The first-order valence-electron chi connectivity index (χ1n) is 8.30. The lowest BCUT2D eigenvalue weighted by Gasteiger charge is -2.18. The largest absolute Gasteiger partial charge is 0.411 e. The standard InChI is InChI=1S/C19H17ClN4O2/c20-13-10-11(22-19(21)25)8-9-16(13)24-15-6-2-1-4-12(15)18-14(23-26)5-3-7-17(18)24/h1-2,4,6,8-10,26H,3,5,7H2,(H3,21,22,25)/b23-14+. The second kappa shape index (κ2) is 6.38. The number of fused-ring (bicyclic) bond motifs is 3. The van der Waals surface area contributed by atoms with Gasteiger partial charge in [-0.2, -0.15) is 0 Å². The number of para-hydroxylation sites is 1. The topological polar surface area (TPSA) is 92.6 Å². The number of oxime groups is 1. The number of hydrogen-bond acceptors (Lipinski definition) is 3. The fourth-order valence-electron chi connectivity index (χ4n) is 3.68. The molecule has 0 unspecified atom stereocenters. The number of hydrogen-bond donors (Lipinski definition) is 3. The van der Waals surface area contributed by atoms with E-state index in [0.29, 0.717) is 16.4 Å². The summed E-state index contributed by atoms with van der Waals surface area (Å²) in [5, 5.41) is 17.0. The Hall–Kier alpha value is -2.99. The molecule has 0 bridgehead atoms. The van der Waals surface area contributed by atoms with Crippen molar-refractivity contribution in [1.82, 2.24) is 4.57 Å². The van der Waals surface area contributed by atoms with Gasteiger partial charge in [-0.25, -0.2) is 4.79 Å². The molecule has 6 nitrogen and oxygen atoms in total. The highest BCUT2D eigenvalue weighted by Gasteiger charge is 2.26. The molecule has 1 heterocycles. The molecule has 0 spiro atoms. The normalized spacial score (nSPS) is 15.2. The third kappa shape index (κ3) is 2.59. The monoisotopic (exact) mass is 368 g/mol. The van der Waals surface area contributed by atoms with Crippen LogP contribution in [0.4, 0.5) is 10.5 Å². The summed E-state index contributed by atoms with van der Waals surface area (Å²) in [6.45, 7) is 0. The number of halogens is 1. The van der Waals surface area contributed by atoms with Gasteiger partial charge in [0.1, 0.15) is 0 Å². The highest BCUT2D eigenvalue weighted by molar-refractivity contribution is 6.33. The quantitative estimate of drug-likeness (QED) is 0.465. The number of benzene rings is 2. The number of nitrogens with zero attached hydrogens (tertiary/aromatic N) is 2. The number of carbonyl (C=O) groups is 1. The molecule has 3 aromatic rings. The van der Waals surface area contributed by atoms with Crippen LogP contribution in [-0.4, -0.2) is 21.5 Å². The summed E-state index contributed by atoms with van der Waals surface area (Å²) >= 11 is 6.52. The van der Waals surface area contributed by atoms with Crippen LogP contribution in [0.3, 0.4) is 0 Å². The second-order valence-corrected chi connectivity index (χ2v) is 6.64. The van der Waals surface area contributed by atoms with E-state index in [-0.39, 0.29) is 0 Å². The summed E-state index contributed by atoms with van der Waals surface area (Å²) in [7, 11) is 0. The number of aromatic nitrogens is 1. The van der Waals surface area contributed by atoms with Gasteiger partial charge in [0.25, 0.3) is 0 Å². The molecule has 0 atom stereocenters. The van der Waals surface area contributed by atoms with E-state index in [4.69, 9.17) is 17.3 Å². The minimum absolute atomic E-state index is 0.493. The van der Waals surface area contributed by atoms with Crippen molar-refractivity contribution in [2.24, 2.45) is 10.9 Å². The first-order valence-corrected chi connectivity index (χ1v) is 8.68. The number of amides is 2. The molecule has 1 aliphatic rings. The zero-order valence-electron chi connectivity index (χ0n) is 13.9. The maximum atomic E-state index is 11.1. The number of carbonyl (C=O) groups excluding carboxylic acids is 1. The van der Waals surface area contributed by atoms with Gasteiger partial charge >= 0.3 is 6.03 Å². The molecular formula is C19H17ClN4O2. The van der Waals surface area contributed by atoms with Crippen molar-refractivity contribution in [2.75, 3.05) is 5.32 Å². The van der Waals surface area contributed by atoms with Crippen molar-refractivity contribution < 1.29 is 10.0 Å². The highest BCUT2D eigenvalue weighted by atomic mass is 35.5. The average molecular weight is 369 g/mol. The van der Waals surface area contributed by atoms with Gasteiger partial charge < -0.3 is 20.8 Å². The van der Waals surface area contributed by atoms with Gasteiger partial charge in [0.05, 0.1) is 21.9 Å². The zero-order valence-corrected chi connectivity index (χ0v) is 14.6. The molecule has 0 aliphatic heterocycles. The maximum absolute atomic E-state index is 11.1. The Labute approximate surface area is 154 Å². The van der Waals surface area contributed by atoms with Gasteiger partial charge in [-0.05, 0) is 43.5 Å². The van der Waals surface area contributed by atoms with E-state index in [1.807, 2.05) is 30.3 Å². The van der Waals surface area contributed by atoms with Gasteiger partial charge in [-0.15, -0.1) is 0 Å². The Morgan fingerprint density at radius 1 is 1.23 bits per heavy atom. The Balaban J connectivity index is 1.97. The van der Waals surface area contributed by atoms with Gasteiger partial charge in [-0.1, -0.05) is 35.0 Å². The van der Waals surface area contributed by atoms with Crippen LogP contribution in [0.2, 0.25) is 5.02 Å². The van der Waals surface area contributed by atoms with Crippen molar-refractivity contribution in [3.8, 4) is 5.69 Å². The highest BCUT2D eigenvalue weighted by Crippen LogP contribution is 2.37. The zero-order chi connectivity index (χ0) is 18.3. The number of rotatable bonds is 2. The van der Waals surface area contributed by atoms with Crippen molar-refractivity contribution in [3.05, 3.63) is 58.7 Å². The van der Waals surface area contributed by atoms with E-state index in [2.05, 4.69) is 15.0 Å². The van der Waals surface area contributed by atoms with Gasteiger partial charge in [0.2, 0.25) is 0 Å². The number of nitrogens with two attached hydrogens (primary N) is 1. The molecule has 4 rings (SSSR count). The second-order valence-electron chi connectivity index (χ2n) is 6.23. The summed E-state index contributed by atoms with van der Waals surface area (Å²) in [5.41, 5.74) is 10.3. The number of urea groups is 1. The Kier molecular flexibility index (Phi) is 4.05. The van der Waals surface area contributed by atoms with Gasteiger partial charge in [-0.3, -0.25) is 0 Å². The summed E-state index contributed by atoms with van der Waals surface area (Å²) < 4.78 is 2.10. The molecule has 0 saturated carbocycles. The van der Waals surface area contributed by atoms with E-state index >= 15 is 0 Å². The fraction of sp³-hybridized carbons (Fsp3) is 0.158. The molecule has 1 aromatic heterocycles. The van der Waals surface area contributed by atoms with Crippen LogP contribution in [0.15, 0.2) is 47.6 Å². The Morgan fingerprint density at radius 3 is 2.77 bits per heavy atom. The van der Waals surface area contributed by atoms with E-state index < -0.39 is 6.03 Å². The molecule has 0 radical (unpaired) electrons. The lowest BCUT2D eigenvalue weighted by atomic mass is 9.93. The third-order valence-electron chi connectivity index (χ3n) is 4.67. The van der Waals surface area contributed by atoms with Crippen LogP contribution in [0, 0.1) is 0 Å². The third-order valence-corrected chi connectivity index (χ3v) is 4.97. The van der Waals surface area contributed by atoms with E-state index in [1.54, 1.807) is 12.1 Å². The van der Waals surface area contributed by atoms with Crippen molar-refractivity contribution in [2.45, 2.75) is 19.3 Å². The first-order chi connectivity index (χ1) is 12.6. The minimum Gasteiger partial charge on any atom is -0.411 e. The van der Waals surface area contributed by atoms with E-state index in [9.17, 15) is 10.0 Å². The van der Waals surface area contributed by atoms with Crippen LogP contribution in [0.5, 0.6) is 0 Å². The molecule has 0 saturated heterocycles. The maximum Gasteiger partial charge on any atom is 0.316 e. The molecule has 2 amide bonds. The summed E-state index contributed by atoms with van der Waals surface area (Å²) in [6, 6.07) is 12.6. The lowest BCUT2D eigenvalue weighted by Crippen LogP contribution is -2.19. The Morgan fingerprint density at radius 2 is 2.04 bits per heavy atom. The number of nitrogens with one attached hydrogen (secondary N) is 1. The predicted molar refractivity (Wildman–Crippen MR) is 103 cm³/mol. The summed E-state index contributed by atoms with van der Waals surface area (Å²) in [4.78, 5) is 11.1. The van der Waals surface area contributed by atoms with Crippen LogP contribution >= 0.6 is 11.6 Å². The van der Waals surface area contributed by atoms with E-state index in [1.165, 1.54) is 0 Å². The van der Waals surface area contributed by atoms with Crippen molar-refractivity contribution in [1.29, 1.82) is 0 Å². The SMILES string of the molecule is NC(=O)Nc1ccc(-n2c3c(c4ccccc42)/C(=N/O)CCC3)c(Cl)c1. The molecule has 4 N–H and O–H groups in total. The molecule has 1 aliphatic carbocycles. The Bertz CT molecular complexity index is 1060. The van der Waals surface area contributed by atoms with Crippen LogP contribution in [-0.2, 0) is 6.42 Å². The first kappa shape index (κ1) is 16.5. The average Bonchev–Trinajstić information content (AvgIpc) is 2.96. The predicted octanol–water partition coefficient (Wildman–Crippen LogP) is 4.29. The molecule has 26 heavy (non-hydrogen) atoms. The number of anilines is 1. The summed E-state index contributed by atoms with van der Waals surface area (Å²) in [6.07, 6.45) is 2.51. The van der Waals surface area contributed by atoms with E-state index in [0.717, 1.165) is 47.1 Å². The smallest absolute Gasteiger partial charge is 0.316 e. The van der Waals surface area contributed by atoms with Crippen LogP contribution < -0.4 is 11.1 Å². The van der Waals surface area contributed by atoms with Crippen LogP contribution in [0.1, 0.15) is 24.1 Å². The van der Waals surface area contributed by atoms with Crippen LogP contribution in [0.25, 0.3) is 16.6 Å². The molecule has 7 heteroatoms. The minimum atomic E-state index is -0.638. The van der Waals surface area contributed by atoms with Crippen molar-refractivity contribution >= 4 is 39.9 Å². The van der Waals surface area contributed by atoms with Gasteiger partial charge in [0, 0.05) is 22.3 Å². The molecule has 2 aromatic carbocycles. The molecule has 0 fully saturated rings. The molecular weight excluding hydrogens is 352 g/mol. The van der Waals surface area contributed by atoms with Crippen molar-refractivity contribution in [3.63, 3.8) is 0 Å². The van der Waals surface area contributed by atoms with Gasteiger partial charge in [0.15, 0.2) is 0 Å².